The molecule has 0 aliphatic rings. The highest BCUT2D eigenvalue weighted by Gasteiger charge is 2.12. The molecule has 0 radical (unpaired) electrons. The van der Waals surface area contributed by atoms with Crippen molar-refractivity contribution in [1.82, 2.24) is 4.98 Å². The van der Waals surface area contributed by atoms with E-state index < -0.39 is 11.9 Å². The molecule has 2 nitrogen and oxygen atoms in total. The third-order valence-corrected chi connectivity index (χ3v) is 2.43. The molecule has 1 aromatic carbocycles. The molecule has 0 spiro atoms. The summed E-state index contributed by atoms with van der Waals surface area (Å²) < 4.78 is 13.3. The second-order valence-electron chi connectivity index (χ2n) is 3.60. The fourth-order valence-electron chi connectivity index (χ4n) is 1.60. The Morgan fingerprint density at radius 1 is 1.19 bits per heavy atom. The molecule has 1 atom stereocenters. The number of rotatable bonds is 3. The monoisotopic (exact) mass is 217 g/mol. The number of hydrogen-bond acceptors (Lipinski definition) is 2. The van der Waals surface area contributed by atoms with Gasteiger partial charge in [0, 0.05) is 18.2 Å². The third-order valence-electron chi connectivity index (χ3n) is 2.43. The lowest BCUT2D eigenvalue weighted by Crippen LogP contribution is -2.04. The number of hydrogen-bond donors (Lipinski definition) is 1. The zero-order valence-corrected chi connectivity index (χ0v) is 8.68. The van der Waals surface area contributed by atoms with Crippen LogP contribution >= 0.6 is 0 Å². The van der Waals surface area contributed by atoms with E-state index in [-0.39, 0.29) is 0 Å². The SMILES string of the molecule is OC(Cc1ccccc1)c1ccncc1F. The first kappa shape index (κ1) is 10.8. The van der Waals surface area contributed by atoms with Crippen LogP contribution in [0.4, 0.5) is 4.39 Å². The van der Waals surface area contributed by atoms with Gasteiger partial charge in [0.25, 0.3) is 0 Å². The average molecular weight is 217 g/mol. The topological polar surface area (TPSA) is 33.1 Å². The highest BCUT2D eigenvalue weighted by molar-refractivity contribution is 5.21. The van der Waals surface area contributed by atoms with Gasteiger partial charge in [-0.05, 0) is 11.6 Å². The third kappa shape index (κ3) is 2.44. The highest BCUT2D eigenvalue weighted by Crippen LogP contribution is 2.19. The summed E-state index contributed by atoms with van der Waals surface area (Å²) in [5, 5.41) is 9.89. The highest BCUT2D eigenvalue weighted by atomic mass is 19.1. The van der Waals surface area contributed by atoms with Crippen molar-refractivity contribution >= 4 is 0 Å². The van der Waals surface area contributed by atoms with Crippen LogP contribution in [-0.2, 0) is 6.42 Å². The first-order valence-electron chi connectivity index (χ1n) is 5.09. The largest absolute Gasteiger partial charge is 0.388 e. The standard InChI is InChI=1S/C13H12FNO/c14-12-9-15-7-6-11(12)13(16)8-10-4-2-1-3-5-10/h1-7,9,13,16H,8H2. The minimum atomic E-state index is -0.828. The lowest BCUT2D eigenvalue weighted by atomic mass is 10.0. The van der Waals surface area contributed by atoms with Crippen LogP contribution in [0.2, 0.25) is 0 Å². The second-order valence-corrected chi connectivity index (χ2v) is 3.60. The van der Waals surface area contributed by atoms with Gasteiger partial charge in [-0.15, -0.1) is 0 Å². The van der Waals surface area contributed by atoms with Crippen molar-refractivity contribution in [3.05, 3.63) is 65.7 Å². The lowest BCUT2D eigenvalue weighted by Gasteiger charge is -2.11. The van der Waals surface area contributed by atoms with Crippen molar-refractivity contribution in [2.24, 2.45) is 0 Å². The Hall–Kier alpha value is -1.74. The van der Waals surface area contributed by atoms with Gasteiger partial charge in [0.1, 0.15) is 5.82 Å². The minimum absolute atomic E-state index is 0.291. The number of benzene rings is 1. The number of aromatic nitrogens is 1. The summed E-state index contributed by atoms with van der Waals surface area (Å²) in [5.41, 5.74) is 1.27. The van der Waals surface area contributed by atoms with Crippen molar-refractivity contribution < 1.29 is 9.50 Å². The van der Waals surface area contributed by atoms with Crippen LogP contribution in [0, 0.1) is 5.82 Å². The molecule has 0 saturated carbocycles. The lowest BCUT2D eigenvalue weighted by molar-refractivity contribution is 0.173. The summed E-state index contributed by atoms with van der Waals surface area (Å²) in [6.07, 6.45) is 2.17. The van der Waals surface area contributed by atoms with E-state index in [1.165, 1.54) is 12.3 Å². The van der Waals surface area contributed by atoms with Crippen molar-refractivity contribution in [3.63, 3.8) is 0 Å². The molecule has 82 valence electrons. The van der Waals surface area contributed by atoms with Gasteiger partial charge in [-0.2, -0.15) is 0 Å². The molecular weight excluding hydrogens is 205 g/mol. The molecule has 1 N–H and O–H groups in total. The van der Waals surface area contributed by atoms with E-state index in [0.717, 1.165) is 11.8 Å². The Morgan fingerprint density at radius 2 is 1.94 bits per heavy atom. The van der Waals surface area contributed by atoms with E-state index in [1.54, 1.807) is 0 Å². The summed E-state index contributed by atoms with van der Waals surface area (Å²) >= 11 is 0. The maximum Gasteiger partial charge on any atom is 0.147 e. The van der Waals surface area contributed by atoms with Crippen LogP contribution in [0.1, 0.15) is 17.2 Å². The molecule has 1 unspecified atom stereocenters. The molecule has 0 fully saturated rings. The summed E-state index contributed by atoms with van der Waals surface area (Å²) in [6.45, 7) is 0. The Morgan fingerprint density at radius 3 is 2.62 bits per heavy atom. The van der Waals surface area contributed by atoms with Crippen molar-refractivity contribution in [2.45, 2.75) is 12.5 Å². The normalized spacial score (nSPS) is 12.4. The average Bonchev–Trinajstić information content (AvgIpc) is 2.31. The first-order valence-corrected chi connectivity index (χ1v) is 5.09. The van der Waals surface area contributed by atoms with Gasteiger partial charge in [-0.1, -0.05) is 30.3 Å². The number of halogens is 1. The first-order chi connectivity index (χ1) is 7.77. The van der Waals surface area contributed by atoms with Gasteiger partial charge in [0.2, 0.25) is 0 Å². The summed E-state index contributed by atoms with van der Waals surface area (Å²) in [6, 6.07) is 11.0. The second kappa shape index (κ2) is 4.86. The molecule has 0 aliphatic heterocycles. The molecule has 0 amide bonds. The van der Waals surface area contributed by atoms with Crippen LogP contribution in [-0.4, -0.2) is 10.1 Å². The van der Waals surface area contributed by atoms with Crippen LogP contribution in [0.5, 0.6) is 0 Å². The molecule has 2 rings (SSSR count). The van der Waals surface area contributed by atoms with E-state index in [2.05, 4.69) is 4.98 Å². The van der Waals surface area contributed by atoms with Crippen LogP contribution in [0.25, 0.3) is 0 Å². The van der Waals surface area contributed by atoms with Crippen molar-refractivity contribution in [3.8, 4) is 0 Å². The molecule has 0 aliphatic carbocycles. The Labute approximate surface area is 93.4 Å². The molecule has 2 aromatic rings. The van der Waals surface area contributed by atoms with Gasteiger partial charge >= 0.3 is 0 Å². The molecule has 0 bridgehead atoms. The fourth-order valence-corrected chi connectivity index (χ4v) is 1.60. The van der Waals surface area contributed by atoms with Crippen LogP contribution in [0.3, 0.4) is 0 Å². The maximum absolute atomic E-state index is 13.3. The Balaban J connectivity index is 2.15. The summed E-state index contributed by atoms with van der Waals surface area (Å²) in [7, 11) is 0. The zero-order chi connectivity index (χ0) is 11.4. The minimum Gasteiger partial charge on any atom is -0.388 e. The fraction of sp³-hybridized carbons (Fsp3) is 0.154. The van der Waals surface area contributed by atoms with Crippen molar-refractivity contribution in [1.29, 1.82) is 0 Å². The van der Waals surface area contributed by atoms with E-state index in [9.17, 15) is 9.50 Å². The molecule has 1 aromatic heterocycles. The van der Waals surface area contributed by atoms with Gasteiger partial charge in [0.05, 0.1) is 12.3 Å². The number of aliphatic hydroxyl groups is 1. The molecule has 3 heteroatoms. The van der Waals surface area contributed by atoms with Gasteiger partial charge < -0.3 is 5.11 Å². The number of nitrogens with zero attached hydrogens (tertiary/aromatic N) is 1. The van der Waals surface area contributed by atoms with E-state index >= 15 is 0 Å². The van der Waals surface area contributed by atoms with Crippen LogP contribution in [0.15, 0.2) is 48.8 Å². The molecule has 1 heterocycles. The Kier molecular flexibility index (Phi) is 3.27. The predicted octanol–water partition coefficient (Wildman–Crippen LogP) is 2.50. The number of aliphatic hydroxyl groups excluding tert-OH is 1. The Bertz CT molecular complexity index is 458. The molecule has 0 saturated heterocycles. The van der Waals surface area contributed by atoms with Gasteiger partial charge in [-0.3, -0.25) is 4.98 Å². The predicted molar refractivity (Wildman–Crippen MR) is 59.3 cm³/mol. The van der Waals surface area contributed by atoms with E-state index in [4.69, 9.17) is 0 Å². The maximum atomic E-state index is 13.3. The molecule has 16 heavy (non-hydrogen) atoms. The van der Waals surface area contributed by atoms with Gasteiger partial charge in [0.15, 0.2) is 0 Å². The van der Waals surface area contributed by atoms with E-state index in [1.807, 2.05) is 30.3 Å². The quantitative estimate of drug-likeness (QED) is 0.856. The van der Waals surface area contributed by atoms with Crippen molar-refractivity contribution in [2.75, 3.05) is 0 Å². The number of pyridine rings is 1. The van der Waals surface area contributed by atoms with Crippen LogP contribution < -0.4 is 0 Å². The van der Waals surface area contributed by atoms with E-state index in [0.29, 0.717) is 12.0 Å². The zero-order valence-electron chi connectivity index (χ0n) is 8.68. The smallest absolute Gasteiger partial charge is 0.147 e. The van der Waals surface area contributed by atoms with Gasteiger partial charge in [-0.25, -0.2) is 4.39 Å². The molecular formula is C13H12FNO. The summed E-state index contributed by atoms with van der Waals surface area (Å²) in [5.74, 6) is -0.467. The summed E-state index contributed by atoms with van der Waals surface area (Å²) in [4.78, 5) is 3.65.